The fourth-order valence-electron chi connectivity index (χ4n) is 2.62. The van der Waals surface area contributed by atoms with Gasteiger partial charge in [0.25, 0.3) is 5.91 Å². The van der Waals surface area contributed by atoms with Gasteiger partial charge in [-0.2, -0.15) is 5.10 Å². The molecule has 144 valence electrons. The molecule has 2 amide bonds. The van der Waals surface area contributed by atoms with Crippen LogP contribution in [-0.4, -0.2) is 29.1 Å². The minimum Gasteiger partial charge on any atom is -0.497 e. The molecule has 0 aliphatic carbocycles. The zero-order valence-corrected chi connectivity index (χ0v) is 15.8. The lowest BCUT2D eigenvalue weighted by atomic mass is 10.1. The van der Waals surface area contributed by atoms with E-state index in [4.69, 9.17) is 4.74 Å². The Morgan fingerprint density at radius 3 is 2.43 bits per heavy atom. The van der Waals surface area contributed by atoms with Gasteiger partial charge in [-0.1, -0.05) is 29.8 Å². The van der Waals surface area contributed by atoms with Crippen molar-refractivity contribution in [1.29, 1.82) is 0 Å². The number of nitrogens with zero attached hydrogens (tertiary/aromatic N) is 1. The van der Waals surface area contributed by atoms with Crippen molar-refractivity contribution in [2.75, 3.05) is 7.11 Å². The molecule has 0 radical (unpaired) electrons. The third-order valence-electron chi connectivity index (χ3n) is 4.29. The summed E-state index contributed by atoms with van der Waals surface area (Å²) >= 11 is 0. The van der Waals surface area contributed by atoms with Gasteiger partial charge >= 0.3 is 0 Å². The minimum absolute atomic E-state index is 0.254. The van der Waals surface area contributed by atoms with Crippen LogP contribution in [-0.2, 0) is 11.2 Å². The number of methoxy groups -OCH3 is 1. The molecule has 1 heterocycles. The first-order valence-corrected chi connectivity index (χ1v) is 8.90. The Morgan fingerprint density at radius 1 is 1.04 bits per heavy atom. The van der Waals surface area contributed by atoms with Crippen LogP contribution in [0, 0.1) is 6.92 Å². The number of carbonyl (C=O) groups is 2. The van der Waals surface area contributed by atoms with Crippen LogP contribution in [0.15, 0.2) is 54.6 Å². The van der Waals surface area contributed by atoms with Crippen molar-refractivity contribution in [1.82, 2.24) is 21.0 Å². The molecular weight excluding hydrogens is 356 g/mol. The van der Waals surface area contributed by atoms with Crippen LogP contribution < -0.4 is 15.6 Å². The number of H-pyrrole nitrogens is 1. The summed E-state index contributed by atoms with van der Waals surface area (Å²) in [5.41, 5.74) is 8.79. The lowest BCUT2D eigenvalue weighted by Crippen LogP contribution is -2.41. The van der Waals surface area contributed by atoms with Crippen molar-refractivity contribution >= 4 is 11.8 Å². The van der Waals surface area contributed by atoms with E-state index >= 15 is 0 Å². The first-order chi connectivity index (χ1) is 13.5. The van der Waals surface area contributed by atoms with Crippen molar-refractivity contribution in [2.24, 2.45) is 0 Å². The Morgan fingerprint density at radius 2 is 1.75 bits per heavy atom. The number of hydrogen-bond acceptors (Lipinski definition) is 4. The van der Waals surface area contributed by atoms with Crippen LogP contribution in [0.2, 0.25) is 0 Å². The second-order valence-corrected chi connectivity index (χ2v) is 6.38. The third-order valence-corrected chi connectivity index (χ3v) is 4.29. The lowest BCUT2D eigenvalue weighted by molar-refractivity contribution is -0.121. The number of aryl methyl sites for hydroxylation is 2. The maximum Gasteiger partial charge on any atom is 0.287 e. The second kappa shape index (κ2) is 8.85. The molecule has 7 heteroatoms. The highest BCUT2D eigenvalue weighted by atomic mass is 16.5. The largest absolute Gasteiger partial charge is 0.497 e. The second-order valence-electron chi connectivity index (χ2n) is 6.38. The van der Waals surface area contributed by atoms with Crippen LogP contribution in [0.5, 0.6) is 5.75 Å². The Balaban J connectivity index is 1.49. The highest BCUT2D eigenvalue weighted by molar-refractivity contribution is 5.94. The van der Waals surface area contributed by atoms with E-state index in [1.807, 2.05) is 55.5 Å². The summed E-state index contributed by atoms with van der Waals surface area (Å²) in [4.78, 5) is 24.1. The number of aromatic nitrogens is 2. The van der Waals surface area contributed by atoms with E-state index in [1.165, 1.54) is 5.56 Å². The molecule has 2 aromatic carbocycles. The Labute approximate surface area is 163 Å². The third kappa shape index (κ3) is 4.97. The van der Waals surface area contributed by atoms with E-state index in [-0.39, 0.29) is 18.0 Å². The molecule has 0 aliphatic rings. The standard InChI is InChI=1S/C21H22N4O3/c1-14-3-5-15(6-4-14)7-12-20(26)24-25-21(27)19-13-18(22-23-19)16-8-10-17(28-2)11-9-16/h3-6,8-11,13H,7,12H2,1-2H3,(H,22,23)(H,24,26)(H,25,27). The molecule has 0 fully saturated rings. The monoisotopic (exact) mass is 378 g/mol. The van der Waals surface area contributed by atoms with Gasteiger partial charge in [0.15, 0.2) is 0 Å². The quantitative estimate of drug-likeness (QED) is 0.575. The SMILES string of the molecule is COc1ccc(-c2cc(C(=O)NNC(=O)CCc3ccc(C)cc3)[nH]n2)cc1. The van der Waals surface area contributed by atoms with Crippen molar-refractivity contribution < 1.29 is 14.3 Å². The Kier molecular flexibility index (Phi) is 6.06. The van der Waals surface area contributed by atoms with Crippen LogP contribution in [0.25, 0.3) is 11.3 Å². The molecule has 0 unspecified atom stereocenters. The summed E-state index contributed by atoms with van der Waals surface area (Å²) in [6, 6.07) is 17.0. The van der Waals surface area contributed by atoms with E-state index < -0.39 is 5.91 Å². The molecule has 0 aliphatic heterocycles. The predicted molar refractivity (Wildman–Crippen MR) is 106 cm³/mol. The minimum atomic E-state index is -0.462. The number of hydrazine groups is 1. The normalized spacial score (nSPS) is 10.4. The summed E-state index contributed by atoms with van der Waals surface area (Å²) in [5, 5.41) is 6.81. The summed E-state index contributed by atoms with van der Waals surface area (Å²) in [5.74, 6) is 0.0189. The van der Waals surface area contributed by atoms with Crippen molar-refractivity contribution in [3.63, 3.8) is 0 Å². The Hall–Kier alpha value is -3.61. The number of benzene rings is 2. The van der Waals surface area contributed by atoms with Gasteiger partial charge in [0.1, 0.15) is 11.4 Å². The lowest BCUT2D eigenvalue weighted by Gasteiger charge is -2.06. The van der Waals surface area contributed by atoms with Crippen LogP contribution in [0.1, 0.15) is 28.0 Å². The molecule has 0 saturated carbocycles. The molecule has 3 N–H and O–H groups in total. The van der Waals surface area contributed by atoms with Gasteiger partial charge in [-0.3, -0.25) is 25.5 Å². The van der Waals surface area contributed by atoms with Crippen molar-refractivity contribution in [3.05, 3.63) is 71.4 Å². The average molecular weight is 378 g/mol. The van der Waals surface area contributed by atoms with E-state index in [9.17, 15) is 9.59 Å². The van der Waals surface area contributed by atoms with Crippen molar-refractivity contribution in [2.45, 2.75) is 19.8 Å². The summed E-state index contributed by atoms with van der Waals surface area (Å²) < 4.78 is 5.12. The van der Waals surface area contributed by atoms with Crippen molar-refractivity contribution in [3.8, 4) is 17.0 Å². The summed E-state index contributed by atoms with van der Waals surface area (Å²) in [6.07, 6.45) is 0.886. The van der Waals surface area contributed by atoms with Crippen LogP contribution >= 0.6 is 0 Å². The van der Waals surface area contributed by atoms with Gasteiger partial charge in [0.05, 0.1) is 12.8 Å². The number of rotatable bonds is 6. The number of hydrogen-bond donors (Lipinski definition) is 3. The van der Waals surface area contributed by atoms with Gasteiger partial charge < -0.3 is 4.74 Å². The first-order valence-electron chi connectivity index (χ1n) is 8.90. The molecule has 0 saturated heterocycles. The van der Waals surface area contributed by atoms with E-state index in [2.05, 4.69) is 21.0 Å². The average Bonchev–Trinajstić information content (AvgIpc) is 3.22. The topological polar surface area (TPSA) is 96.1 Å². The molecule has 3 aromatic rings. The summed E-state index contributed by atoms with van der Waals surface area (Å²) in [6.45, 7) is 2.02. The fraction of sp³-hybridized carbons (Fsp3) is 0.190. The van der Waals surface area contributed by atoms with Gasteiger partial charge in [-0.15, -0.1) is 0 Å². The predicted octanol–water partition coefficient (Wildman–Crippen LogP) is 2.79. The summed E-state index contributed by atoms with van der Waals surface area (Å²) in [7, 11) is 1.60. The number of ether oxygens (including phenoxy) is 1. The molecule has 0 spiro atoms. The molecule has 7 nitrogen and oxygen atoms in total. The molecule has 3 rings (SSSR count). The van der Waals surface area contributed by atoms with Gasteiger partial charge in [-0.05, 0) is 49.2 Å². The zero-order valence-electron chi connectivity index (χ0n) is 15.8. The molecule has 28 heavy (non-hydrogen) atoms. The number of amides is 2. The van der Waals surface area contributed by atoms with E-state index in [0.29, 0.717) is 12.1 Å². The number of aromatic amines is 1. The number of nitrogens with one attached hydrogen (secondary N) is 3. The highest BCUT2D eigenvalue weighted by Gasteiger charge is 2.12. The van der Waals surface area contributed by atoms with E-state index in [0.717, 1.165) is 16.9 Å². The first kappa shape index (κ1) is 19.2. The smallest absolute Gasteiger partial charge is 0.287 e. The Bertz CT molecular complexity index is 947. The molecular formula is C21H22N4O3. The maximum atomic E-state index is 12.2. The van der Waals surface area contributed by atoms with E-state index in [1.54, 1.807) is 13.2 Å². The molecule has 1 aromatic heterocycles. The maximum absolute atomic E-state index is 12.2. The molecule has 0 atom stereocenters. The highest BCUT2D eigenvalue weighted by Crippen LogP contribution is 2.21. The van der Waals surface area contributed by atoms with Gasteiger partial charge in [-0.25, -0.2) is 0 Å². The van der Waals surface area contributed by atoms with Crippen LogP contribution in [0.3, 0.4) is 0 Å². The number of carbonyl (C=O) groups excluding carboxylic acids is 2. The van der Waals surface area contributed by atoms with Crippen LogP contribution in [0.4, 0.5) is 0 Å². The molecule has 0 bridgehead atoms. The van der Waals surface area contributed by atoms with Gasteiger partial charge in [0, 0.05) is 12.0 Å². The zero-order chi connectivity index (χ0) is 19.9. The fourth-order valence-corrected chi connectivity index (χ4v) is 2.62. The van der Waals surface area contributed by atoms with Gasteiger partial charge in [0.2, 0.25) is 5.91 Å².